The monoisotopic (exact) mass is 301 g/mol. The molecule has 2 saturated heterocycles. The van der Waals surface area contributed by atoms with Crippen LogP contribution in [0.15, 0.2) is 4.52 Å². The molecule has 7 heteroatoms. The second kappa shape index (κ2) is 6.03. The predicted molar refractivity (Wildman–Crippen MR) is 77.6 cm³/mol. The van der Waals surface area contributed by atoms with E-state index < -0.39 is 0 Å². The molecular formula is C12H19N3O2S2. The van der Waals surface area contributed by atoms with E-state index in [-0.39, 0.29) is 6.10 Å². The number of hydrogen-bond acceptors (Lipinski definition) is 7. The fraction of sp³-hybridized carbons (Fsp3) is 0.833. The molecule has 0 saturated carbocycles. The number of nitrogens with zero attached hydrogens (tertiary/aromatic N) is 2. The van der Waals surface area contributed by atoms with Gasteiger partial charge in [0.15, 0.2) is 5.82 Å². The van der Waals surface area contributed by atoms with Gasteiger partial charge in [0.25, 0.3) is 5.89 Å². The van der Waals surface area contributed by atoms with Crippen molar-refractivity contribution in [3.8, 4) is 0 Å². The molecule has 19 heavy (non-hydrogen) atoms. The lowest BCUT2D eigenvalue weighted by atomic mass is 10.3. The Hall–Kier alpha value is -0.240. The molecule has 2 aliphatic heterocycles. The molecule has 2 fully saturated rings. The third-order valence-electron chi connectivity index (χ3n) is 3.50. The van der Waals surface area contributed by atoms with Gasteiger partial charge in [-0.1, -0.05) is 19.0 Å². The minimum atomic E-state index is -0.0902. The van der Waals surface area contributed by atoms with E-state index in [1.807, 2.05) is 23.5 Å². The summed E-state index contributed by atoms with van der Waals surface area (Å²) < 4.78 is 11.0. The molecule has 0 aliphatic carbocycles. The third kappa shape index (κ3) is 3.09. The van der Waals surface area contributed by atoms with Crippen LogP contribution in [-0.2, 0) is 4.74 Å². The average molecular weight is 301 g/mol. The minimum absolute atomic E-state index is 0.0902. The molecule has 5 nitrogen and oxygen atoms in total. The summed E-state index contributed by atoms with van der Waals surface area (Å²) in [4.78, 5) is 4.54. The van der Waals surface area contributed by atoms with E-state index in [1.165, 1.54) is 0 Å². The smallest absolute Gasteiger partial charge is 0.257 e. The van der Waals surface area contributed by atoms with Crippen molar-refractivity contribution in [3.63, 3.8) is 0 Å². The van der Waals surface area contributed by atoms with Gasteiger partial charge in [0.05, 0.1) is 11.9 Å². The van der Waals surface area contributed by atoms with Crippen LogP contribution in [0, 0.1) is 0 Å². The van der Waals surface area contributed by atoms with Crippen molar-refractivity contribution in [1.82, 2.24) is 15.5 Å². The maximum atomic E-state index is 5.63. The highest BCUT2D eigenvalue weighted by atomic mass is 32.2. The van der Waals surface area contributed by atoms with E-state index in [0.717, 1.165) is 24.7 Å². The third-order valence-corrected chi connectivity index (χ3v) is 6.89. The van der Waals surface area contributed by atoms with Crippen LogP contribution in [0.5, 0.6) is 0 Å². The molecule has 106 valence electrons. The highest BCUT2D eigenvalue weighted by Crippen LogP contribution is 2.43. The summed E-state index contributed by atoms with van der Waals surface area (Å²) in [6, 6.07) is 0. The van der Waals surface area contributed by atoms with E-state index >= 15 is 0 Å². The Morgan fingerprint density at radius 3 is 2.95 bits per heavy atom. The van der Waals surface area contributed by atoms with Crippen LogP contribution in [0.4, 0.5) is 0 Å². The Labute approximate surface area is 121 Å². The summed E-state index contributed by atoms with van der Waals surface area (Å²) in [5, 5.41) is 9.07. The summed E-state index contributed by atoms with van der Waals surface area (Å²) in [6.07, 6.45) is -0.0902. The first-order chi connectivity index (χ1) is 9.24. The molecule has 3 heterocycles. The average Bonchev–Trinajstić information content (AvgIpc) is 2.93. The van der Waals surface area contributed by atoms with E-state index in [9.17, 15) is 0 Å². The zero-order valence-electron chi connectivity index (χ0n) is 11.2. The van der Waals surface area contributed by atoms with Crippen LogP contribution in [0.3, 0.4) is 0 Å². The number of morpholine rings is 1. The van der Waals surface area contributed by atoms with E-state index in [1.54, 1.807) is 0 Å². The van der Waals surface area contributed by atoms with Crippen molar-refractivity contribution < 1.29 is 9.26 Å². The second-order valence-corrected chi connectivity index (χ2v) is 7.92. The molecule has 2 aliphatic rings. The highest BCUT2D eigenvalue weighted by molar-refractivity contribution is 8.07. The van der Waals surface area contributed by atoms with Crippen molar-refractivity contribution in [3.05, 3.63) is 11.7 Å². The van der Waals surface area contributed by atoms with Crippen LogP contribution < -0.4 is 5.32 Å². The largest absolute Gasteiger partial charge is 0.366 e. The lowest BCUT2D eigenvalue weighted by molar-refractivity contribution is 0.00755. The highest BCUT2D eigenvalue weighted by Gasteiger charge is 2.31. The lowest BCUT2D eigenvalue weighted by Crippen LogP contribution is -2.33. The lowest BCUT2D eigenvalue weighted by Gasteiger charge is -2.29. The Morgan fingerprint density at radius 2 is 2.21 bits per heavy atom. The molecule has 4 unspecified atom stereocenters. The molecule has 1 N–H and O–H groups in total. The number of hydrogen-bond donors (Lipinski definition) is 1. The minimum Gasteiger partial charge on any atom is -0.366 e. The summed E-state index contributed by atoms with van der Waals surface area (Å²) in [7, 11) is 0. The van der Waals surface area contributed by atoms with Gasteiger partial charge in [-0.05, 0) is 0 Å². The van der Waals surface area contributed by atoms with E-state index in [0.29, 0.717) is 28.2 Å². The molecule has 1 aromatic rings. The van der Waals surface area contributed by atoms with Crippen molar-refractivity contribution in [1.29, 1.82) is 0 Å². The van der Waals surface area contributed by atoms with E-state index in [2.05, 4.69) is 29.3 Å². The Kier molecular flexibility index (Phi) is 4.36. The first-order valence-corrected chi connectivity index (χ1v) is 8.66. The molecule has 0 amide bonds. The normalized spacial score (nSPS) is 36.3. The molecule has 0 bridgehead atoms. The molecule has 4 atom stereocenters. The van der Waals surface area contributed by atoms with Gasteiger partial charge >= 0.3 is 0 Å². The first kappa shape index (κ1) is 13.7. The van der Waals surface area contributed by atoms with Crippen LogP contribution >= 0.6 is 23.5 Å². The van der Waals surface area contributed by atoms with Gasteiger partial charge in [-0.2, -0.15) is 16.7 Å². The molecular weight excluding hydrogens is 282 g/mol. The second-order valence-electron chi connectivity index (χ2n) is 4.92. The Morgan fingerprint density at radius 1 is 1.32 bits per heavy atom. The number of rotatable bonds is 2. The van der Waals surface area contributed by atoms with Crippen LogP contribution in [0.1, 0.15) is 36.9 Å². The van der Waals surface area contributed by atoms with Crippen molar-refractivity contribution in [2.24, 2.45) is 0 Å². The zero-order chi connectivity index (χ0) is 13.2. The van der Waals surface area contributed by atoms with Gasteiger partial charge in [0.1, 0.15) is 6.10 Å². The maximum absolute atomic E-state index is 5.63. The fourth-order valence-corrected chi connectivity index (χ4v) is 4.99. The van der Waals surface area contributed by atoms with Crippen molar-refractivity contribution in [2.75, 3.05) is 25.4 Å². The van der Waals surface area contributed by atoms with Crippen LogP contribution in [0.2, 0.25) is 0 Å². The van der Waals surface area contributed by atoms with Gasteiger partial charge < -0.3 is 14.6 Å². The summed E-state index contributed by atoms with van der Waals surface area (Å²) in [6.45, 7) is 6.89. The first-order valence-electron chi connectivity index (χ1n) is 6.67. The molecule has 3 rings (SSSR count). The molecule has 0 aromatic carbocycles. The van der Waals surface area contributed by atoms with Crippen molar-refractivity contribution in [2.45, 2.75) is 35.7 Å². The Balaban J connectivity index is 1.67. The molecule has 0 radical (unpaired) electrons. The topological polar surface area (TPSA) is 60.2 Å². The fourth-order valence-electron chi connectivity index (χ4n) is 2.15. The zero-order valence-corrected chi connectivity index (χ0v) is 12.8. The summed E-state index contributed by atoms with van der Waals surface area (Å²) in [5.74, 6) is 2.48. The van der Waals surface area contributed by atoms with Gasteiger partial charge in [-0.25, -0.2) is 0 Å². The summed E-state index contributed by atoms with van der Waals surface area (Å²) >= 11 is 3.93. The van der Waals surface area contributed by atoms with E-state index in [4.69, 9.17) is 9.26 Å². The van der Waals surface area contributed by atoms with Crippen LogP contribution in [0.25, 0.3) is 0 Å². The quantitative estimate of drug-likeness (QED) is 0.896. The summed E-state index contributed by atoms with van der Waals surface area (Å²) in [5.41, 5.74) is 0. The predicted octanol–water partition coefficient (Wildman–Crippen LogP) is 2.03. The number of nitrogens with one attached hydrogen (secondary N) is 1. The van der Waals surface area contributed by atoms with Gasteiger partial charge in [0, 0.05) is 29.3 Å². The SMILES string of the molecule is CC1SCC(c2noc(C3CNCCO3)n2)SC1C. The molecule has 0 spiro atoms. The van der Waals surface area contributed by atoms with Gasteiger partial charge in [-0.15, -0.1) is 11.8 Å². The van der Waals surface area contributed by atoms with Gasteiger partial charge in [-0.3, -0.25) is 0 Å². The standard InChI is InChI=1S/C12H19N3O2S2/c1-7-8(2)19-10(6-18-7)11-14-12(17-15-11)9-5-13-3-4-16-9/h7-10,13H,3-6H2,1-2H3. The Bertz CT molecular complexity index is 423. The number of ether oxygens (including phenoxy) is 1. The van der Waals surface area contributed by atoms with Crippen LogP contribution in [-0.4, -0.2) is 46.1 Å². The van der Waals surface area contributed by atoms with Gasteiger partial charge in [0.2, 0.25) is 0 Å². The van der Waals surface area contributed by atoms with Crippen molar-refractivity contribution >= 4 is 23.5 Å². The number of thioether (sulfide) groups is 2. The maximum Gasteiger partial charge on any atom is 0.257 e. The number of aromatic nitrogens is 2. The molecule has 1 aromatic heterocycles.